The Kier molecular flexibility index (Phi) is 4.34. The van der Waals surface area contributed by atoms with Crippen LogP contribution in [-0.4, -0.2) is 19.8 Å². The van der Waals surface area contributed by atoms with Crippen molar-refractivity contribution in [3.8, 4) is 5.75 Å². The summed E-state index contributed by atoms with van der Waals surface area (Å²) in [6.45, 7) is 2.90. The third-order valence-electron chi connectivity index (χ3n) is 3.15. The van der Waals surface area contributed by atoms with Crippen LogP contribution in [0.5, 0.6) is 5.75 Å². The Bertz CT molecular complexity index is 397. The lowest BCUT2D eigenvalue weighted by Crippen LogP contribution is -2.08. The molecule has 0 saturated carbocycles. The topological polar surface area (TPSA) is 18.5 Å². The quantitative estimate of drug-likeness (QED) is 0.777. The Morgan fingerprint density at radius 2 is 2.29 bits per heavy atom. The van der Waals surface area contributed by atoms with Gasteiger partial charge < -0.3 is 9.47 Å². The van der Waals surface area contributed by atoms with Gasteiger partial charge in [0, 0.05) is 15.8 Å². The van der Waals surface area contributed by atoms with E-state index in [-0.39, 0.29) is 4.83 Å². The maximum Gasteiger partial charge on any atom is 0.120 e. The summed E-state index contributed by atoms with van der Waals surface area (Å²) in [5.41, 5.74) is 1.11. The molecule has 3 atom stereocenters. The lowest BCUT2D eigenvalue weighted by Gasteiger charge is -2.18. The van der Waals surface area contributed by atoms with Gasteiger partial charge >= 0.3 is 0 Å². The molecule has 0 N–H and O–H groups in total. The average Bonchev–Trinajstić information content (AvgIpc) is 2.75. The Morgan fingerprint density at radius 1 is 1.53 bits per heavy atom. The van der Waals surface area contributed by atoms with E-state index < -0.39 is 0 Å². The molecule has 1 aromatic carbocycles. The molecule has 0 bridgehead atoms. The number of hydrogen-bond acceptors (Lipinski definition) is 2. The zero-order valence-corrected chi connectivity index (χ0v) is 12.3. The Balaban J connectivity index is 2.16. The van der Waals surface area contributed by atoms with Crippen molar-refractivity contribution in [2.75, 3.05) is 13.7 Å². The third-order valence-corrected chi connectivity index (χ3v) is 4.72. The maximum absolute atomic E-state index is 6.27. The largest absolute Gasteiger partial charge is 0.497 e. The van der Waals surface area contributed by atoms with Crippen molar-refractivity contribution in [2.24, 2.45) is 5.92 Å². The first-order valence-electron chi connectivity index (χ1n) is 5.71. The van der Waals surface area contributed by atoms with Gasteiger partial charge in [-0.25, -0.2) is 0 Å². The molecule has 1 fully saturated rings. The molecule has 4 heteroatoms. The Morgan fingerprint density at radius 3 is 2.82 bits per heavy atom. The maximum atomic E-state index is 6.27. The van der Waals surface area contributed by atoms with Gasteiger partial charge in [0.25, 0.3) is 0 Å². The second kappa shape index (κ2) is 5.59. The van der Waals surface area contributed by atoms with Crippen LogP contribution in [0.15, 0.2) is 18.2 Å². The fraction of sp³-hybridized carbons (Fsp3) is 0.538. The van der Waals surface area contributed by atoms with E-state index in [9.17, 15) is 0 Å². The van der Waals surface area contributed by atoms with E-state index in [1.165, 1.54) is 0 Å². The molecule has 0 radical (unpaired) electrons. The predicted octanol–water partition coefficient (Wildman–Crippen LogP) is 4.21. The van der Waals surface area contributed by atoms with Gasteiger partial charge in [-0.2, -0.15) is 0 Å². The van der Waals surface area contributed by atoms with E-state index >= 15 is 0 Å². The van der Waals surface area contributed by atoms with Crippen LogP contribution in [0.1, 0.15) is 23.7 Å². The predicted molar refractivity (Wildman–Crippen MR) is 73.2 cm³/mol. The highest BCUT2D eigenvalue weighted by Gasteiger charge is 2.30. The molecule has 0 aliphatic carbocycles. The number of methoxy groups -OCH3 is 1. The summed E-state index contributed by atoms with van der Waals surface area (Å²) in [6, 6.07) is 5.81. The van der Waals surface area contributed by atoms with Gasteiger partial charge in [0.15, 0.2) is 0 Å². The van der Waals surface area contributed by atoms with Crippen LogP contribution >= 0.6 is 27.5 Å². The van der Waals surface area contributed by atoms with Gasteiger partial charge in [-0.3, -0.25) is 0 Å². The lowest BCUT2D eigenvalue weighted by molar-refractivity contribution is 0.120. The zero-order chi connectivity index (χ0) is 12.4. The van der Waals surface area contributed by atoms with Crippen molar-refractivity contribution in [1.82, 2.24) is 0 Å². The number of hydrogen-bond donors (Lipinski definition) is 0. The summed E-state index contributed by atoms with van der Waals surface area (Å²) in [5.74, 6) is 1.27. The van der Waals surface area contributed by atoms with Gasteiger partial charge in [0.2, 0.25) is 0 Å². The molecule has 0 aromatic heterocycles. The van der Waals surface area contributed by atoms with Crippen LogP contribution in [0.2, 0.25) is 5.02 Å². The first-order valence-corrected chi connectivity index (χ1v) is 7.00. The van der Waals surface area contributed by atoms with E-state index in [2.05, 4.69) is 22.9 Å². The molecule has 1 aliphatic heterocycles. The molecule has 2 rings (SSSR count). The molecular weight excluding hydrogens is 303 g/mol. The smallest absolute Gasteiger partial charge is 0.120 e. The number of benzene rings is 1. The average molecular weight is 320 g/mol. The van der Waals surface area contributed by atoms with E-state index in [0.29, 0.717) is 12.0 Å². The second-order valence-corrected chi connectivity index (χ2v) is 5.82. The summed E-state index contributed by atoms with van der Waals surface area (Å²) in [5, 5.41) is 0.741. The molecule has 3 unspecified atom stereocenters. The molecule has 0 spiro atoms. The number of rotatable bonds is 3. The van der Waals surface area contributed by atoms with Gasteiger partial charge in [-0.05, 0) is 31.0 Å². The molecule has 1 heterocycles. The summed E-state index contributed by atoms with van der Waals surface area (Å²) in [7, 11) is 1.64. The fourth-order valence-electron chi connectivity index (χ4n) is 2.17. The number of alkyl halides is 1. The summed E-state index contributed by atoms with van der Waals surface area (Å²) >= 11 is 10.00. The molecule has 1 aromatic rings. The standard InChI is InChI=1S/C13H16BrClO2/c1-8-5-9(7-17-8)13(14)11-4-3-10(16-2)6-12(11)15/h3-4,6,8-9,13H,5,7H2,1-2H3. The minimum atomic E-state index is 0.242. The molecule has 0 amide bonds. The lowest BCUT2D eigenvalue weighted by atomic mass is 9.97. The number of halogens is 2. The molecule has 1 aliphatic rings. The highest BCUT2D eigenvalue weighted by atomic mass is 79.9. The normalized spacial score (nSPS) is 25.9. The van der Waals surface area contributed by atoms with Crippen LogP contribution < -0.4 is 4.74 Å². The summed E-state index contributed by atoms with van der Waals surface area (Å²) in [4.78, 5) is 0.242. The van der Waals surface area contributed by atoms with Crippen molar-refractivity contribution in [3.05, 3.63) is 28.8 Å². The molecular formula is C13H16BrClO2. The SMILES string of the molecule is COc1ccc(C(Br)C2COC(C)C2)c(Cl)c1. The van der Waals surface area contributed by atoms with Crippen molar-refractivity contribution < 1.29 is 9.47 Å². The second-order valence-electron chi connectivity index (χ2n) is 4.43. The third kappa shape index (κ3) is 2.95. The fourth-order valence-corrected chi connectivity index (χ4v) is 3.35. The Hall–Kier alpha value is -0.250. The van der Waals surface area contributed by atoms with Crippen molar-refractivity contribution >= 4 is 27.5 Å². The Labute approximate surface area is 115 Å². The molecule has 17 heavy (non-hydrogen) atoms. The monoisotopic (exact) mass is 318 g/mol. The van der Waals surface area contributed by atoms with Gasteiger partial charge in [0.1, 0.15) is 5.75 Å². The highest BCUT2D eigenvalue weighted by Crippen LogP contribution is 2.41. The minimum absolute atomic E-state index is 0.242. The molecule has 1 saturated heterocycles. The van der Waals surface area contributed by atoms with Crippen LogP contribution in [-0.2, 0) is 4.74 Å². The van der Waals surface area contributed by atoms with E-state index in [4.69, 9.17) is 21.1 Å². The van der Waals surface area contributed by atoms with Gasteiger partial charge in [-0.1, -0.05) is 33.6 Å². The van der Waals surface area contributed by atoms with Crippen LogP contribution in [0.3, 0.4) is 0 Å². The summed E-state index contributed by atoms with van der Waals surface area (Å²) < 4.78 is 10.7. The first-order chi connectivity index (χ1) is 8.11. The van der Waals surface area contributed by atoms with Gasteiger partial charge in [-0.15, -0.1) is 0 Å². The van der Waals surface area contributed by atoms with E-state index in [1.54, 1.807) is 7.11 Å². The highest BCUT2D eigenvalue weighted by molar-refractivity contribution is 9.09. The van der Waals surface area contributed by atoms with Crippen LogP contribution in [0.4, 0.5) is 0 Å². The molecule has 94 valence electrons. The first kappa shape index (κ1) is 13.2. The van der Waals surface area contributed by atoms with Crippen molar-refractivity contribution in [3.63, 3.8) is 0 Å². The van der Waals surface area contributed by atoms with E-state index in [0.717, 1.165) is 29.4 Å². The van der Waals surface area contributed by atoms with Crippen LogP contribution in [0.25, 0.3) is 0 Å². The molecule has 2 nitrogen and oxygen atoms in total. The van der Waals surface area contributed by atoms with E-state index in [1.807, 2.05) is 18.2 Å². The summed E-state index contributed by atoms with van der Waals surface area (Å²) in [6.07, 6.45) is 1.41. The van der Waals surface area contributed by atoms with Crippen LogP contribution in [0, 0.1) is 5.92 Å². The van der Waals surface area contributed by atoms with Gasteiger partial charge in [0.05, 0.1) is 19.8 Å². The number of ether oxygens (including phenoxy) is 2. The minimum Gasteiger partial charge on any atom is -0.497 e. The van der Waals surface area contributed by atoms with Crippen molar-refractivity contribution in [1.29, 1.82) is 0 Å². The zero-order valence-electron chi connectivity index (χ0n) is 9.95. The van der Waals surface area contributed by atoms with Crippen molar-refractivity contribution in [2.45, 2.75) is 24.3 Å².